The molecule has 7 heteroatoms. The number of hydrogen-bond acceptors (Lipinski definition) is 2. The smallest absolute Gasteiger partial charge is 0.195 e. The van der Waals surface area contributed by atoms with Crippen molar-refractivity contribution in [3.05, 3.63) is 58.9 Å². The number of ether oxygens (including phenoxy) is 1. The van der Waals surface area contributed by atoms with Crippen LogP contribution in [0.3, 0.4) is 0 Å². The Morgan fingerprint density at radius 3 is 2.33 bits per heavy atom. The molecular formula is C14H8F5NO. The summed E-state index contributed by atoms with van der Waals surface area (Å²) in [6.07, 6.45) is 0. The van der Waals surface area contributed by atoms with E-state index < -0.39 is 29.1 Å². The summed E-state index contributed by atoms with van der Waals surface area (Å²) < 4.78 is 71.3. The molecule has 0 spiro atoms. The highest BCUT2D eigenvalue weighted by Crippen LogP contribution is 2.33. The van der Waals surface area contributed by atoms with Crippen molar-refractivity contribution in [1.29, 1.82) is 0 Å². The molecule has 1 aliphatic heterocycles. The lowest BCUT2D eigenvalue weighted by atomic mass is 10.1. The maximum absolute atomic E-state index is 13.7. The lowest BCUT2D eigenvalue weighted by Crippen LogP contribution is -2.33. The molecule has 110 valence electrons. The molecule has 2 aromatic rings. The first-order chi connectivity index (χ1) is 9.97. The zero-order chi connectivity index (χ0) is 15.1. The highest BCUT2D eigenvalue weighted by molar-refractivity contribution is 5.50. The van der Waals surface area contributed by atoms with Gasteiger partial charge in [0.15, 0.2) is 35.8 Å². The van der Waals surface area contributed by atoms with Gasteiger partial charge in [-0.1, -0.05) is 0 Å². The number of anilines is 1. The van der Waals surface area contributed by atoms with E-state index >= 15 is 0 Å². The van der Waals surface area contributed by atoms with Crippen molar-refractivity contribution < 1.29 is 26.7 Å². The second kappa shape index (κ2) is 4.91. The molecule has 0 radical (unpaired) electrons. The Balaban J connectivity index is 1.97. The first-order valence-corrected chi connectivity index (χ1v) is 5.96. The van der Waals surface area contributed by atoms with Crippen LogP contribution in [0.25, 0.3) is 0 Å². The van der Waals surface area contributed by atoms with Gasteiger partial charge in [0.25, 0.3) is 0 Å². The Bertz CT molecular complexity index is 719. The van der Waals surface area contributed by atoms with E-state index in [0.29, 0.717) is 0 Å². The number of hydrogen-bond donors (Lipinski definition) is 0. The van der Waals surface area contributed by atoms with Crippen LogP contribution in [0.15, 0.2) is 24.3 Å². The molecule has 0 aromatic heterocycles. The van der Waals surface area contributed by atoms with Gasteiger partial charge in [-0.05, 0) is 12.1 Å². The Labute approximate surface area is 116 Å². The second-order valence-electron chi connectivity index (χ2n) is 4.53. The molecule has 0 saturated heterocycles. The van der Waals surface area contributed by atoms with Gasteiger partial charge < -0.3 is 9.64 Å². The third kappa shape index (κ3) is 2.28. The Kier molecular flexibility index (Phi) is 3.19. The average molecular weight is 301 g/mol. The zero-order valence-electron chi connectivity index (χ0n) is 10.5. The van der Waals surface area contributed by atoms with Crippen LogP contribution in [0.2, 0.25) is 0 Å². The van der Waals surface area contributed by atoms with Crippen LogP contribution in [0.4, 0.5) is 27.6 Å². The van der Waals surface area contributed by atoms with Crippen molar-refractivity contribution in [1.82, 2.24) is 0 Å². The molecule has 0 unspecified atom stereocenters. The SMILES string of the molecule is Fc1ccc(N2COc3cc(F)c(F)c(F)c3C2)cc1F. The van der Waals surface area contributed by atoms with Crippen LogP contribution < -0.4 is 9.64 Å². The number of halogens is 5. The van der Waals surface area contributed by atoms with Crippen molar-refractivity contribution >= 4 is 5.69 Å². The number of fused-ring (bicyclic) bond motifs is 1. The fourth-order valence-corrected chi connectivity index (χ4v) is 2.12. The van der Waals surface area contributed by atoms with Crippen LogP contribution >= 0.6 is 0 Å². The van der Waals surface area contributed by atoms with Crippen LogP contribution in [-0.4, -0.2) is 6.73 Å². The Morgan fingerprint density at radius 2 is 1.62 bits per heavy atom. The van der Waals surface area contributed by atoms with Gasteiger partial charge in [0.05, 0.1) is 12.1 Å². The molecule has 0 N–H and O–H groups in total. The summed E-state index contributed by atoms with van der Waals surface area (Å²) in [7, 11) is 0. The summed E-state index contributed by atoms with van der Waals surface area (Å²) in [5.41, 5.74) is 0.0635. The molecule has 1 heterocycles. The average Bonchev–Trinajstić information content (AvgIpc) is 2.47. The molecule has 21 heavy (non-hydrogen) atoms. The molecular weight excluding hydrogens is 293 g/mol. The summed E-state index contributed by atoms with van der Waals surface area (Å²) >= 11 is 0. The maximum atomic E-state index is 13.7. The van der Waals surface area contributed by atoms with Gasteiger partial charge in [0, 0.05) is 17.8 Å². The predicted octanol–water partition coefficient (Wildman–Crippen LogP) is 3.74. The van der Waals surface area contributed by atoms with E-state index in [1.54, 1.807) is 0 Å². The molecule has 0 amide bonds. The standard InChI is InChI=1S/C14H8F5NO/c15-9-2-1-7(3-10(9)16)20-5-8-12(21-6-20)4-11(17)14(19)13(8)18/h1-4H,5-6H2. The second-order valence-corrected chi connectivity index (χ2v) is 4.53. The van der Waals surface area contributed by atoms with Crippen LogP contribution in [0.5, 0.6) is 5.75 Å². The van der Waals surface area contributed by atoms with Crippen LogP contribution in [0.1, 0.15) is 5.56 Å². The van der Waals surface area contributed by atoms with Crippen molar-refractivity contribution in [3.63, 3.8) is 0 Å². The van der Waals surface area contributed by atoms with E-state index in [-0.39, 0.29) is 30.3 Å². The molecule has 3 rings (SSSR count). The molecule has 0 atom stereocenters. The van der Waals surface area contributed by atoms with Gasteiger partial charge in [-0.15, -0.1) is 0 Å². The summed E-state index contributed by atoms with van der Waals surface area (Å²) in [5, 5.41) is 0. The van der Waals surface area contributed by atoms with E-state index in [0.717, 1.165) is 18.2 Å². The minimum Gasteiger partial charge on any atom is -0.473 e. The highest BCUT2D eigenvalue weighted by Gasteiger charge is 2.26. The zero-order valence-corrected chi connectivity index (χ0v) is 10.5. The highest BCUT2D eigenvalue weighted by atomic mass is 19.2. The monoisotopic (exact) mass is 301 g/mol. The van der Waals surface area contributed by atoms with E-state index in [9.17, 15) is 22.0 Å². The van der Waals surface area contributed by atoms with E-state index in [4.69, 9.17) is 4.74 Å². The minimum absolute atomic E-state index is 0.106. The summed E-state index contributed by atoms with van der Waals surface area (Å²) in [6, 6.07) is 3.88. The summed E-state index contributed by atoms with van der Waals surface area (Å²) in [5.74, 6) is -6.47. The van der Waals surface area contributed by atoms with E-state index in [1.807, 2.05) is 0 Å². The lowest BCUT2D eigenvalue weighted by molar-refractivity contribution is 0.278. The molecule has 0 aliphatic carbocycles. The molecule has 1 aliphatic rings. The van der Waals surface area contributed by atoms with Gasteiger partial charge in [-0.25, -0.2) is 22.0 Å². The largest absolute Gasteiger partial charge is 0.473 e. The van der Waals surface area contributed by atoms with Crippen LogP contribution in [0, 0.1) is 29.1 Å². The number of rotatable bonds is 1. The van der Waals surface area contributed by atoms with Gasteiger partial charge in [-0.2, -0.15) is 0 Å². The normalized spacial score (nSPS) is 13.9. The third-order valence-corrected chi connectivity index (χ3v) is 3.22. The third-order valence-electron chi connectivity index (χ3n) is 3.22. The van der Waals surface area contributed by atoms with Gasteiger partial charge >= 0.3 is 0 Å². The predicted molar refractivity (Wildman–Crippen MR) is 64.4 cm³/mol. The summed E-state index contributed by atoms with van der Waals surface area (Å²) in [4.78, 5) is 1.37. The number of benzene rings is 2. The van der Waals surface area contributed by atoms with Gasteiger partial charge in [-0.3, -0.25) is 0 Å². The topological polar surface area (TPSA) is 12.5 Å². The lowest BCUT2D eigenvalue weighted by Gasteiger charge is -2.31. The van der Waals surface area contributed by atoms with Crippen molar-refractivity contribution in [2.75, 3.05) is 11.6 Å². The van der Waals surface area contributed by atoms with E-state index in [1.165, 1.54) is 11.0 Å². The van der Waals surface area contributed by atoms with Gasteiger partial charge in [0.1, 0.15) is 5.75 Å². The molecule has 2 nitrogen and oxygen atoms in total. The Morgan fingerprint density at radius 1 is 0.857 bits per heavy atom. The number of nitrogens with zero attached hydrogens (tertiary/aromatic N) is 1. The molecule has 0 bridgehead atoms. The molecule has 2 aromatic carbocycles. The van der Waals surface area contributed by atoms with Crippen LogP contribution in [-0.2, 0) is 6.54 Å². The maximum Gasteiger partial charge on any atom is 0.195 e. The fourth-order valence-electron chi connectivity index (χ4n) is 2.12. The molecule has 0 fully saturated rings. The quantitative estimate of drug-likeness (QED) is 0.588. The van der Waals surface area contributed by atoms with Crippen molar-refractivity contribution in [2.24, 2.45) is 0 Å². The van der Waals surface area contributed by atoms with Gasteiger partial charge in [0.2, 0.25) is 0 Å². The van der Waals surface area contributed by atoms with Crippen molar-refractivity contribution in [3.8, 4) is 5.75 Å². The first-order valence-electron chi connectivity index (χ1n) is 5.96. The molecule has 0 saturated carbocycles. The van der Waals surface area contributed by atoms with Crippen molar-refractivity contribution in [2.45, 2.75) is 6.54 Å². The van der Waals surface area contributed by atoms with E-state index in [2.05, 4.69) is 0 Å². The summed E-state index contributed by atoms with van der Waals surface area (Å²) in [6.45, 7) is -0.272. The first kappa shape index (κ1) is 13.7. The fraction of sp³-hybridized carbons (Fsp3) is 0.143. The minimum atomic E-state index is -1.59. The Hall–Kier alpha value is -2.31.